The maximum atomic E-state index is 10.8. The number of aliphatic hydroxyl groups excluding tert-OH is 1. The van der Waals surface area contributed by atoms with Gasteiger partial charge in [0.25, 0.3) is 5.69 Å². The minimum atomic E-state index is -0.479. The van der Waals surface area contributed by atoms with E-state index in [1.54, 1.807) is 12.1 Å². The Kier molecular flexibility index (Phi) is 11.6. The number of aliphatic hydroxyl groups is 1. The molecule has 0 fully saturated rings. The van der Waals surface area contributed by atoms with Crippen LogP contribution in [0, 0.1) is 10.1 Å². The van der Waals surface area contributed by atoms with Crippen molar-refractivity contribution in [1.82, 2.24) is 0 Å². The molecule has 3 aromatic carbocycles. The molecule has 0 bridgehead atoms. The number of hydrogen-bond acceptors (Lipinski definition) is 10. The summed E-state index contributed by atoms with van der Waals surface area (Å²) in [4.78, 5) is 12.4. The summed E-state index contributed by atoms with van der Waals surface area (Å²) >= 11 is 0. The number of benzene rings is 3. The molecule has 0 radical (unpaired) electrons. The number of likely N-dealkylation sites (N-methyl/N-ethyl adjacent to an activating group) is 1. The van der Waals surface area contributed by atoms with Crippen LogP contribution in [0.25, 0.3) is 0 Å². The number of azo groups is 2. The average Bonchev–Trinajstić information content (AvgIpc) is 2.95. The van der Waals surface area contributed by atoms with Gasteiger partial charge in [-0.25, -0.2) is 0 Å². The van der Waals surface area contributed by atoms with Crippen LogP contribution in [0.5, 0.6) is 11.5 Å². The van der Waals surface area contributed by atoms with E-state index in [1.165, 1.54) is 38.5 Å². The van der Waals surface area contributed by atoms with E-state index in [0.717, 1.165) is 12.2 Å². The molecule has 0 spiro atoms. The smallest absolute Gasteiger partial charge is 0.269 e. The Labute approximate surface area is 216 Å². The second-order valence-electron chi connectivity index (χ2n) is 7.19. The van der Waals surface area contributed by atoms with Crippen molar-refractivity contribution in [3.63, 3.8) is 0 Å². The lowest BCUT2D eigenvalue weighted by Gasteiger charge is -2.21. The van der Waals surface area contributed by atoms with E-state index >= 15 is 0 Å². The van der Waals surface area contributed by atoms with Gasteiger partial charge in [0.05, 0.1) is 37.1 Å². The van der Waals surface area contributed by atoms with Crippen molar-refractivity contribution in [2.75, 3.05) is 38.8 Å². The Morgan fingerprint density at radius 3 is 1.68 bits per heavy atom. The molecule has 0 heterocycles. The molecule has 0 atom stereocenters. The van der Waals surface area contributed by atoms with Crippen molar-refractivity contribution < 1.29 is 19.5 Å². The van der Waals surface area contributed by atoms with Crippen LogP contribution in [-0.2, 0) is 0 Å². The number of nitro groups is 1. The standard InChI is InChI=1S/C24H26N6O5.C2H6/c1-4-29(13-14-31)19-9-5-17(6-10-19)25-27-21-15-24(35-3)22(16-23(21)34-2)28-26-18-7-11-20(12-8-18)30(32)33;1-2/h5-12,15-16,31H,4,13-14H2,1-3H3;1-2H3. The molecule has 0 aliphatic carbocycles. The van der Waals surface area contributed by atoms with Crippen LogP contribution in [0.2, 0.25) is 0 Å². The lowest BCUT2D eigenvalue weighted by Crippen LogP contribution is -2.25. The van der Waals surface area contributed by atoms with Crippen LogP contribution in [0.15, 0.2) is 81.1 Å². The Balaban J connectivity index is 0.00000235. The summed E-state index contributed by atoms with van der Waals surface area (Å²) in [6.45, 7) is 7.45. The number of anilines is 1. The van der Waals surface area contributed by atoms with Gasteiger partial charge >= 0.3 is 0 Å². The molecule has 0 unspecified atom stereocenters. The highest BCUT2D eigenvalue weighted by atomic mass is 16.6. The van der Waals surface area contributed by atoms with Crippen LogP contribution in [0.1, 0.15) is 20.8 Å². The van der Waals surface area contributed by atoms with E-state index < -0.39 is 4.92 Å². The van der Waals surface area contributed by atoms with E-state index in [2.05, 4.69) is 25.4 Å². The van der Waals surface area contributed by atoms with E-state index in [-0.39, 0.29) is 12.3 Å². The fraction of sp³-hybridized carbons (Fsp3) is 0.308. The first-order chi connectivity index (χ1) is 18.0. The SMILES string of the molecule is CC.CCN(CCO)c1ccc(N=Nc2cc(OC)c(N=Nc3ccc([N+](=O)[O-])cc3)cc2OC)cc1. The third-order valence-electron chi connectivity index (χ3n) is 5.05. The summed E-state index contributed by atoms with van der Waals surface area (Å²) in [5.41, 5.74) is 2.90. The fourth-order valence-electron chi connectivity index (χ4n) is 3.21. The van der Waals surface area contributed by atoms with Gasteiger partial charge in [-0.2, -0.15) is 10.2 Å². The highest BCUT2D eigenvalue weighted by Crippen LogP contribution is 2.41. The van der Waals surface area contributed by atoms with Gasteiger partial charge in [0.1, 0.15) is 22.9 Å². The number of rotatable bonds is 11. The molecule has 0 aliphatic heterocycles. The highest BCUT2D eigenvalue weighted by molar-refractivity contribution is 5.66. The lowest BCUT2D eigenvalue weighted by molar-refractivity contribution is -0.384. The average molecular weight is 509 g/mol. The predicted molar refractivity (Wildman–Crippen MR) is 144 cm³/mol. The third-order valence-corrected chi connectivity index (χ3v) is 5.05. The Morgan fingerprint density at radius 2 is 1.30 bits per heavy atom. The van der Waals surface area contributed by atoms with E-state index in [1.807, 2.05) is 45.0 Å². The van der Waals surface area contributed by atoms with Gasteiger partial charge in [0.15, 0.2) is 0 Å². The van der Waals surface area contributed by atoms with Crippen LogP contribution in [-0.4, -0.2) is 43.9 Å². The van der Waals surface area contributed by atoms with Crippen LogP contribution in [0.3, 0.4) is 0 Å². The van der Waals surface area contributed by atoms with Crippen molar-refractivity contribution >= 4 is 34.1 Å². The zero-order valence-corrected chi connectivity index (χ0v) is 21.7. The number of non-ortho nitro benzene ring substituents is 1. The maximum absolute atomic E-state index is 10.8. The van der Waals surface area contributed by atoms with Crippen molar-refractivity contribution in [2.45, 2.75) is 20.8 Å². The molecule has 3 rings (SSSR count). The lowest BCUT2D eigenvalue weighted by atomic mass is 10.2. The second kappa shape index (κ2) is 14.9. The molecule has 0 saturated carbocycles. The largest absolute Gasteiger partial charge is 0.494 e. The van der Waals surface area contributed by atoms with Crippen LogP contribution < -0.4 is 14.4 Å². The van der Waals surface area contributed by atoms with Gasteiger partial charge < -0.3 is 19.5 Å². The Hall–Kier alpha value is -4.38. The predicted octanol–water partition coefficient (Wildman–Crippen LogP) is 7.29. The monoisotopic (exact) mass is 508 g/mol. The quantitative estimate of drug-likeness (QED) is 0.164. The summed E-state index contributed by atoms with van der Waals surface area (Å²) in [5, 5.41) is 36.9. The molecule has 37 heavy (non-hydrogen) atoms. The zero-order valence-electron chi connectivity index (χ0n) is 21.7. The molecule has 196 valence electrons. The fourth-order valence-corrected chi connectivity index (χ4v) is 3.21. The van der Waals surface area contributed by atoms with Crippen molar-refractivity contribution in [3.8, 4) is 11.5 Å². The van der Waals surface area contributed by atoms with E-state index in [9.17, 15) is 15.2 Å². The molecule has 11 heteroatoms. The molecule has 0 aliphatic rings. The third kappa shape index (κ3) is 8.07. The molecule has 0 aromatic heterocycles. The number of nitrogens with zero attached hydrogens (tertiary/aromatic N) is 6. The minimum Gasteiger partial charge on any atom is -0.494 e. The van der Waals surface area contributed by atoms with Crippen molar-refractivity contribution in [3.05, 3.63) is 70.8 Å². The molecular formula is C26H32N6O5. The zero-order chi connectivity index (χ0) is 27.2. The molecule has 0 saturated heterocycles. The molecule has 1 N–H and O–H groups in total. The van der Waals surface area contributed by atoms with Crippen molar-refractivity contribution in [1.29, 1.82) is 0 Å². The maximum Gasteiger partial charge on any atom is 0.269 e. The van der Waals surface area contributed by atoms with Gasteiger partial charge in [-0.1, -0.05) is 13.8 Å². The molecule has 11 nitrogen and oxygen atoms in total. The number of methoxy groups -OCH3 is 2. The van der Waals surface area contributed by atoms with E-state index in [4.69, 9.17) is 9.47 Å². The first kappa shape index (κ1) is 28.9. The summed E-state index contributed by atoms with van der Waals surface area (Å²) in [6, 6.07) is 16.5. The summed E-state index contributed by atoms with van der Waals surface area (Å²) in [5.74, 6) is 0.826. The first-order valence-corrected chi connectivity index (χ1v) is 11.8. The first-order valence-electron chi connectivity index (χ1n) is 11.8. The molecular weight excluding hydrogens is 476 g/mol. The topological polar surface area (TPSA) is 135 Å². The van der Waals surface area contributed by atoms with E-state index in [0.29, 0.717) is 40.8 Å². The molecule has 0 amide bonds. The van der Waals surface area contributed by atoms with Gasteiger partial charge in [0.2, 0.25) is 0 Å². The Morgan fingerprint density at radius 1 is 0.838 bits per heavy atom. The van der Waals surface area contributed by atoms with Crippen LogP contribution in [0.4, 0.5) is 34.1 Å². The minimum absolute atomic E-state index is 0.0274. The van der Waals surface area contributed by atoms with Gasteiger partial charge in [-0.05, 0) is 43.3 Å². The van der Waals surface area contributed by atoms with Gasteiger partial charge in [-0.15, -0.1) is 10.2 Å². The van der Waals surface area contributed by atoms with Gasteiger partial charge in [0, 0.05) is 43.0 Å². The van der Waals surface area contributed by atoms with Gasteiger partial charge in [-0.3, -0.25) is 10.1 Å². The summed E-state index contributed by atoms with van der Waals surface area (Å²) < 4.78 is 10.9. The normalized spacial score (nSPS) is 10.8. The number of nitro benzene ring substituents is 1. The summed E-state index contributed by atoms with van der Waals surface area (Å²) in [6.07, 6.45) is 0. The number of ether oxygens (including phenoxy) is 2. The van der Waals surface area contributed by atoms with Crippen LogP contribution >= 0.6 is 0 Å². The molecule has 3 aromatic rings. The number of hydrogen-bond donors (Lipinski definition) is 1. The van der Waals surface area contributed by atoms with Crippen molar-refractivity contribution in [2.24, 2.45) is 20.5 Å². The summed E-state index contributed by atoms with van der Waals surface area (Å²) in [7, 11) is 3.01. The highest BCUT2D eigenvalue weighted by Gasteiger charge is 2.12. The second-order valence-corrected chi connectivity index (χ2v) is 7.19. The Bertz CT molecular complexity index is 1200.